The van der Waals surface area contributed by atoms with Crippen molar-refractivity contribution in [3.63, 3.8) is 0 Å². The molecule has 2 aromatic carbocycles. The first-order chi connectivity index (χ1) is 18.8. The monoisotopic (exact) mass is 529 g/mol. The van der Waals surface area contributed by atoms with Crippen molar-refractivity contribution in [3.8, 4) is 16.9 Å². The number of aryl methyl sites for hydroxylation is 1. The fourth-order valence-electron chi connectivity index (χ4n) is 5.90. The number of H-pyrrole nitrogens is 1. The minimum Gasteiger partial charge on any atom is -0.497 e. The molecule has 0 saturated heterocycles. The summed E-state index contributed by atoms with van der Waals surface area (Å²) in [5.41, 5.74) is 5.42. The van der Waals surface area contributed by atoms with Crippen molar-refractivity contribution >= 4 is 29.0 Å². The SMILES string of the molecule is CCN(CC)CCC1CCC1C(=O)c1c(C)[nH]c(/C=C2\C(=O)Nc3ccc(OC)cc32)c1-c1ccc(F)cc1. The molecule has 5 rings (SSSR count). The number of methoxy groups -OCH3 is 1. The first kappa shape index (κ1) is 26.9. The van der Waals surface area contributed by atoms with Crippen LogP contribution in [0.15, 0.2) is 42.5 Å². The fraction of sp³-hybridized carbons (Fsp3) is 0.375. The highest BCUT2D eigenvalue weighted by Gasteiger charge is 2.39. The van der Waals surface area contributed by atoms with E-state index in [0.717, 1.165) is 55.7 Å². The van der Waals surface area contributed by atoms with Gasteiger partial charge in [0.2, 0.25) is 0 Å². The molecule has 0 bridgehead atoms. The van der Waals surface area contributed by atoms with Crippen LogP contribution in [0.3, 0.4) is 0 Å². The summed E-state index contributed by atoms with van der Waals surface area (Å²) in [4.78, 5) is 32.8. The molecule has 1 aromatic heterocycles. The lowest BCUT2D eigenvalue weighted by molar-refractivity contribution is -0.110. The summed E-state index contributed by atoms with van der Waals surface area (Å²) in [7, 11) is 1.59. The third-order valence-electron chi connectivity index (χ3n) is 8.36. The van der Waals surface area contributed by atoms with Crippen molar-refractivity contribution in [2.75, 3.05) is 32.1 Å². The summed E-state index contributed by atoms with van der Waals surface area (Å²) in [6.07, 6.45) is 4.73. The molecule has 3 aromatic rings. The van der Waals surface area contributed by atoms with Gasteiger partial charge in [0.1, 0.15) is 11.6 Å². The lowest BCUT2D eigenvalue weighted by Crippen LogP contribution is -2.36. The smallest absolute Gasteiger partial charge is 0.256 e. The van der Waals surface area contributed by atoms with Crippen LogP contribution in [-0.2, 0) is 4.79 Å². The van der Waals surface area contributed by atoms with Gasteiger partial charge in [0.25, 0.3) is 5.91 Å². The molecule has 2 heterocycles. The Kier molecular flexibility index (Phi) is 7.71. The normalized spacial score (nSPS) is 19.2. The van der Waals surface area contributed by atoms with E-state index in [1.165, 1.54) is 12.1 Å². The number of nitrogens with zero attached hydrogens (tertiary/aromatic N) is 1. The number of rotatable bonds is 10. The van der Waals surface area contributed by atoms with Gasteiger partial charge in [-0.15, -0.1) is 0 Å². The van der Waals surface area contributed by atoms with Gasteiger partial charge in [-0.25, -0.2) is 4.39 Å². The second kappa shape index (κ2) is 11.2. The van der Waals surface area contributed by atoms with E-state index in [9.17, 15) is 14.0 Å². The van der Waals surface area contributed by atoms with E-state index < -0.39 is 0 Å². The number of ketones is 1. The molecule has 204 valence electrons. The number of aromatic amines is 1. The van der Waals surface area contributed by atoms with Crippen molar-refractivity contribution < 1.29 is 18.7 Å². The molecule has 0 radical (unpaired) electrons. The Balaban J connectivity index is 1.56. The van der Waals surface area contributed by atoms with Crippen LogP contribution in [0.1, 0.15) is 60.4 Å². The molecule has 1 amide bonds. The third kappa shape index (κ3) is 5.15. The number of carbonyl (C=O) groups is 2. The third-order valence-corrected chi connectivity index (χ3v) is 8.36. The standard InChI is InChI=1S/C32H36FN3O3/c1-5-36(6-2)16-15-20-9-13-24(20)31(37)29-19(3)34-28(30(29)21-7-10-22(33)11-8-21)18-26-25-17-23(39-4)12-14-27(25)35-32(26)38/h7-8,10-12,14,17-18,20,24,34H,5-6,9,13,15-16H2,1-4H3,(H,35,38)/b26-18-. The predicted molar refractivity (Wildman–Crippen MR) is 153 cm³/mol. The maximum absolute atomic E-state index is 14.1. The van der Waals surface area contributed by atoms with Gasteiger partial charge >= 0.3 is 0 Å². The van der Waals surface area contributed by atoms with Crippen molar-refractivity contribution in [3.05, 3.63) is 70.8 Å². The quantitative estimate of drug-likeness (QED) is 0.230. The molecule has 1 saturated carbocycles. The predicted octanol–water partition coefficient (Wildman–Crippen LogP) is 6.57. The maximum atomic E-state index is 14.1. The Morgan fingerprint density at radius 2 is 1.87 bits per heavy atom. The topological polar surface area (TPSA) is 74.4 Å². The maximum Gasteiger partial charge on any atom is 0.256 e. The van der Waals surface area contributed by atoms with Gasteiger partial charge in [-0.3, -0.25) is 9.59 Å². The molecule has 2 unspecified atom stereocenters. The van der Waals surface area contributed by atoms with Crippen LogP contribution >= 0.6 is 0 Å². The molecular weight excluding hydrogens is 493 g/mol. The second-order valence-corrected chi connectivity index (χ2v) is 10.5. The van der Waals surface area contributed by atoms with Crippen LogP contribution in [0.25, 0.3) is 22.8 Å². The molecule has 2 atom stereocenters. The Labute approximate surface area is 229 Å². The lowest BCUT2D eigenvalue weighted by Gasteiger charge is -2.37. The summed E-state index contributed by atoms with van der Waals surface area (Å²) < 4.78 is 19.3. The van der Waals surface area contributed by atoms with E-state index in [2.05, 4.69) is 29.0 Å². The van der Waals surface area contributed by atoms with Gasteiger partial charge in [0.05, 0.1) is 12.7 Å². The number of amides is 1. The highest BCUT2D eigenvalue weighted by Crippen LogP contribution is 2.43. The summed E-state index contributed by atoms with van der Waals surface area (Å²) in [5, 5.41) is 2.91. The highest BCUT2D eigenvalue weighted by atomic mass is 19.1. The van der Waals surface area contributed by atoms with Gasteiger partial charge in [0, 0.05) is 39.7 Å². The van der Waals surface area contributed by atoms with Crippen molar-refractivity contribution in [2.45, 2.75) is 40.0 Å². The van der Waals surface area contributed by atoms with E-state index in [1.54, 1.807) is 31.4 Å². The number of aromatic nitrogens is 1. The van der Waals surface area contributed by atoms with E-state index in [-0.39, 0.29) is 23.4 Å². The van der Waals surface area contributed by atoms with Crippen molar-refractivity contribution in [1.29, 1.82) is 0 Å². The van der Waals surface area contributed by atoms with Crippen LogP contribution in [0, 0.1) is 24.6 Å². The van der Waals surface area contributed by atoms with E-state index in [0.29, 0.717) is 39.7 Å². The average molecular weight is 530 g/mol. The number of fused-ring (bicyclic) bond motifs is 1. The van der Waals surface area contributed by atoms with E-state index >= 15 is 0 Å². The number of carbonyl (C=O) groups excluding carboxylic acids is 2. The molecule has 39 heavy (non-hydrogen) atoms. The zero-order valence-electron chi connectivity index (χ0n) is 23.1. The molecule has 2 aliphatic rings. The Hall–Kier alpha value is -3.71. The zero-order valence-corrected chi connectivity index (χ0v) is 23.1. The van der Waals surface area contributed by atoms with Gasteiger partial charge in [0.15, 0.2) is 5.78 Å². The first-order valence-corrected chi connectivity index (χ1v) is 13.8. The summed E-state index contributed by atoms with van der Waals surface area (Å²) in [6, 6.07) is 11.6. The van der Waals surface area contributed by atoms with Gasteiger partial charge in [-0.05, 0) is 93.7 Å². The van der Waals surface area contributed by atoms with Crippen molar-refractivity contribution in [2.24, 2.45) is 11.8 Å². The summed E-state index contributed by atoms with van der Waals surface area (Å²) >= 11 is 0. The van der Waals surface area contributed by atoms with Gasteiger partial charge in [-0.1, -0.05) is 26.0 Å². The Morgan fingerprint density at radius 3 is 2.51 bits per heavy atom. The number of nitrogens with one attached hydrogen (secondary N) is 2. The summed E-state index contributed by atoms with van der Waals surface area (Å²) in [6.45, 7) is 9.24. The molecule has 1 fully saturated rings. The number of hydrogen-bond acceptors (Lipinski definition) is 4. The van der Waals surface area contributed by atoms with Gasteiger partial charge in [-0.2, -0.15) is 0 Å². The first-order valence-electron chi connectivity index (χ1n) is 13.8. The Morgan fingerprint density at radius 1 is 1.13 bits per heavy atom. The van der Waals surface area contributed by atoms with Crippen molar-refractivity contribution in [1.82, 2.24) is 9.88 Å². The fourth-order valence-corrected chi connectivity index (χ4v) is 5.90. The van der Waals surface area contributed by atoms with Crippen LogP contribution in [-0.4, -0.2) is 48.3 Å². The van der Waals surface area contributed by atoms with E-state index in [4.69, 9.17) is 4.74 Å². The number of benzene rings is 2. The molecule has 1 aliphatic heterocycles. The minimum atomic E-state index is -0.342. The number of halogens is 1. The average Bonchev–Trinajstić information content (AvgIpc) is 3.41. The lowest BCUT2D eigenvalue weighted by atomic mass is 9.68. The Bertz CT molecular complexity index is 1420. The highest BCUT2D eigenvalue weighted by molar-refractivity contribution is 6.35. The minimum absolute atomic E-state index is 0.0328. The zero-order chi connectivity index (χ0) is 27.7. The summed E-state index contributed by atoms with van der Waals surface area (Å²) in [5.74, 6) is 0.532. The largest absolute Gasteiger partial charge is 0.497 e. The van der Waals surface area contributed by atoms with Crippen LogP contribution in [0.4, 0.5) is 10.1 Å². The number of ether oxygens (including phenoxy) is 1. The number of hydrogen-bond donors (Lipinski definition) is 2. The molecule has 0 spiro atoms. The molecule has 1 aliphatic carbocycles. The second-order valence-electron chi connectivity index (χ2n) is 10.5. The van der Waals surface area contributed by atoms with Crippen LogP contribution in [0.5, 0.6) is 5.75 Å². The molecule has 7 heteroatoms. The molecule has 6 nitrogen and oxygen atoms in total. The van der Waals surface area contributed by atoms with Crippen LogP contribution < -0.4 is 10.1 Å². The number of Topliss-reactive ketones (excluding diaryl/α,β-unsaturated/α-hetero) is 1. The molecule has 2 N–H and O–H groups in total. The molecular formula is C32H36FN3O3. The van der Waals surface area contributed by atoms with E-state index in [1.807, 2.05) is 19.1 Å². The number of anilines is 1. The van der Waals surface area contributed by atoms with Gasteiger partial charge < -0.3 is 19.9 Å². The van der Waals surface area contributed by atoms with Crippen LogP contribution in [0.2, 0.25) is 0 Å².